The van der Waals surface area contributed by atoms with E-state index >= 15 is 0 Å². The van der Waals surface area contributed by atoms with Gasteiger partial charge in [-0.25, -0.2) is 14.3 Å². The van der Waals surface area contributed by atoms with Crippen LogP contribution >= 0.6 is 11.3 Å². The number of anilines is 1. The topological polar surface area (TPSA) is 111 Å². The molecule has 0 aliphatic heterocycles. The molecule has 0 spiro atoms. The van der Waals surface area contributed by atoms with Crippen molar-refractivity contribution in [1.82, 2.24) is 9.78 Å². The van der Waals surface area contributed by atoms with E-state index in [1.807, 2.05) is 0 Å². The highest BCUT2D eigenvalue weighted by atomic mass is 32.1. The van der Waals surface area contributed by atoms with Crippen LogP contribution in [0.5, 0.6) is 0 Å². The average molecular weight is 337 g/mol. The van der Waals surface area contributed by atoms with E-state index < -0.39 is 23.9 Å². The normalized spacial score (nSPS) is 11.8. The lowest BCUT2D eigenvalue weighted by Crippen LogP contribution is -2.24. The van der Waals surface area contributed by atoms with Crippen molar-refractivity contribution in [2.45, 2.75) is 19.9 Å². The summed E-state index contributed by atoms with van der Waals surface area (Å²) in [7, 11) is 1.25. The van der Waals surface area contributed by atoms with E-state index in [1.165, 1.54) is 37.6 Å². The summed E-state index contributed by atoms with van der Waals surface area (Å²) in [5.74, 6) is -2.22. The van der Waals surface area contributed by atoms with Crippen molar-refractivity contribution in [3.05, 3.63) is 34.5 Å². The molecule has 0 aliphatic rings. The molecule has 2 aromatic rings. The number of carboxylic acid groups (broad SMARTS) is 1. The van der Waals surface area contributed by atoms with Crippen molar-refractivity contribution in [3.8, 4) is 0 Å². The van der Waals surface area contributed by atoms with Crippen LogP contribution in [-0.2, 0) is 9.53 Å². The molecule has 0 fully saturated rings. The summed E-state index contributed by atoms with van der Waals surface area (Å²) in [4.78, 5) is 36.0. The first kappa shape index (κ1) is 16.7. The van der Waals surface area contributed by atoms with Gasteiger partial charge in [-0.15, -0.1) is 11.3 Å². The third-order valence-electron chi connectivity index (χ3n) is 3.11. The maximum Gasteiger partial charge on any atom is 0.340 e. The summed E-state index contributed by atoms with van der Waals surface area (Å²) < 4.78 is 5.78. The Morgan fingerprint density at radius 1 is 1.43 bits per heavy atom. The number of carbonyl (C=O) groups is 3. The van der Waals surface area contributed by atoms with Crippen molar-refractivity contribution in [3.63, 3.8) is 0 Å². The minimum atomic E-state index is -1.11. The number of amides is 1. The number of nitrogens with one attached hydrogen (secondary N) is 1. The van der Waals surface area contributed by atoms with Gasteiger partial charge in [0.25, 0.3) is 5.91 Å². The number of hydrogen-bond acceptors (Lipinski definition) is 6. The molecule has 1 unspecified atom stereocenters. The van der Waals surface area contributed by atoms with Crippen LogP contribution in [0.15, 0.2) is 18.3 Å². The first-order chi connectivity index (χ1) is 10.8. The lowest BCUT2D eigenvalue weighted by Gasteiger charge is -2.11. The van der Waals surface area contributed by atoms with E-state index in [0.29, 0.717) is 5.00 Å². The van der Waals surface area contributed by atoms with Gasteiger partial charge in [-0.05, 0) is 26.0 Å². The fourth-order valence-corrected chi connectivity index (χ4v) is 2.84. The number of rotatable bonds is 5. The average Bonchev–Trinajstić information content (AvgIpc) is 3.12. The molecule has 0 saturated carbocycles. The molecule has 0 aromatic carbocycles. The number of aliphatic carboxylic acids is 1. The largest absolute Gasteiger partial charge is 0.480 e. The molecule has 23 heavy (non-hydrogen) atoms. The Balaban J connectivity index is 2.29. The van der Waals surface area contributed by atoms with Crippen molar-refractivity contribution in [2.24, 2.45) is 0 Å². The van der Waals surface area contributed by atoms with E-state index in [-0.39, 0.29) is 11.3 Å². The molecule has 2 rings (SSSR count). The monoisotopic (exact) mass is 337 g/mol. The number of nitrogens with zero attached hydrogens (tertiary/aromatic N) is 2. The van der Waals surface area contributed by atoms with Crippen LogP contribution in [-0.4, -0.2) is 39.8 Å². The van der Waals surface area contributed by atoms with Gasteiger partial charge in [0, 0.05) is 11.1 Å². The molecule has 1 atom stereocenters. The Morgan fingerprint density at radius 3 is 2.74 bits per heavy atom. The van der Waals surface area contributed by atoms with Crippen molar-refractivity contribution < 1.29 is 24.2 Å². The molecule has 0 bridgehead atoms. The predicted molar refractivity (Wildman–Crippen MR) is 82.9 cm³/mol. The van der Waals surface area contributed by atoms with Gasteiger partial charge in [0.15, 0.2) is 0 Å². The zero-order valence-corrected chi connectivity index (χ0v) is 13.5. The van der Waals surface area contributed by atoms with Crippen LogP contribution in [0.2, 0.25) is 0 Å². The van der Waals surface area contributed by atoms with Crippen molar-refractivity contribution in [1.29, 1.82) is 0 Å². The van der Waals surface area contributed by atoms with Crippen molar-refractivity contribution >= 4 is 34.2 Å². The molecule has 2 N–H and O–H groups in total. The van der Waals surface area contributed by atoms with E-state index in [1.54, 1.807) is 13.0 Å². The van der Waals surface area contributed by atoms with Gasteiger partial charge in [-0.1, -0.05) is 0 Å². The molecular formula is C14H15N3O5S. The molecule has 2 heterocycles. The second-order valence-corrected chi connectivity index (χ2v) is 5.98. The number of thiophene rings is 1. The molecule has 0 saturated heterocycles. The molecule has 122 valence electrons. The highest BCUT2D eigenvalue weighted by Crippen LogP contribution is 2.28. The molecule has 2 aromatic heterocycles. The second kappa shape index (κ2) is 6.61. The van der Waals surface area contributed by atoms with Gasteiger partial charge < -0.3 is 15.2 Å². The summed E-state index contributed by atoms with van der Waals surface area (Å²) in [5.41, 5.74) is 0.336. The zero-order valence-electron chi connectivity index (χ0n) is 12.7. The number of carboxylic acids is 1. The lowest BCUT2D eigenvalue weighted by atomic mass is 10.3. The Kier molecular flexibility index (Phi) is 4.80. The smallest absolute Gasteiger partial charge is 0.340 e. The Hall–Kier alpha value is -2.68. The minimum absolute atomic E-state index is 0.0850. The number of aromatic nitrogens is 2. The Labute approximate surface area is 135 Å². The van der Waals surface area contributed by atoms with E-state index in [2.05, 4.69) is 15.2 Å². The number of methoxy groups -OCH3 is 1. The van der Waals surface area contributed by atoms with Gasteiger partial charge in [0.2, 0.25) is 0 Å². The van der Waals surface area contributed by atoms with Crippen LogP contribution in [0.25, 0.3) is 0 Å². The molecule has 1 amide bonds. The van der Waals surface area contributed by atoms with E-state index in [4.69, 9.17) is 5.11 Å². The van der Waals surface area contributed by atoms with Crippen LogP contribution < -0.4 is 5.32 Å². The summed E-state index contributed by atoms with van der Waals surface area (Å²) >= 11 is 1.23. The fraction of sp³-hybridized carbons (Fsp3) is 0.286. The predicted octanol–water partition coefficient (Wildman–Crippen LogP) is 1.94. The summed E-state index contributed by atoms with van der Waals surface area (Å²) in [6, 6.07) is 2.03. The summed E-state index contributed by atoms with van der Waals surface area (Å²) in [5, 5.41) is 15.9. The first-order valence-corrected chi connectivity index (χ1v) is 7.43. The fourth-order valence-electron chi connectivity index (χ4n) is 1.94. The SMILES string of the molecule is COC(=O)c1cc(C)sc1NC(=O)c1ccnn1C(C)C(=O)O. The molecule has 9 heteroatoms. The van der Waals surface area contributed by atoms with Gasteiger partial charge in [-0.3, -0.25) is 4.79 Å². The highest BCUT2D eigenvalue weighted by molar-refractivity contribution is 7.16. The number of esters is 1. The molecule has 0 radical (unpaired) electrons. The van der Waals surface area contributed by atoms with Gasteiger partial charge in [-0.2, -0.15) is 5.10 Å². The number of carbonyl (C=O) groups excluding carboxylic acids is 2. The molecular weight excluding hydrogens is 322 g/mol. The van der Waals surface area contributed by atoms with E-state index in [9.17, 15) is 14.4 Å². The maximum absolute atomic E-state index is 12.4. The third-order valence-corrected chi connectivity index (χ3v) is 4.08. The Morgan fingerprint density at radius 2 is 2.13 bits per heavy atom. The van der Waals surface area contributed by atoms with Crippen LogP contribution in [0.3, 0.4) is 0 Å². The van der Waals surface area contributed by atoms with Crippen LogP contribution in [0, 0.1) is 6.92 Å². The van der Waals surface area contributed by atoms with Gasteiger partial charge in [0.05, 0.1) is 12.7 Å². The maximum atomic E-state index is 12.4. The van der Waals surface area contributed by atoms with E-state index in [0.717, 1.165) is 9.56 Å². The highest BCUT2D eigenvalue weighted by Gasteiger charge is 2.23. The zero-order chi connectivity index (χ0) is 17.1. The van der Waals surface area contributed by atoms with Crippen LogP contribution in [0.1, 0.15) is 38.7 Å². The standard InChI is InChI=1S/C14H15N3O5S/c1-7-6-9(14(21)22-3)12(23-7)16-11(18)10-4-5-15-17(10)8(2)13(19)20/h4-6,8H,1-3H3,(H,16,18)(H,19,20). The molecule has 0 aliphatic carbocycles. The number of ether oxygens (including phenoxy) is 1. The number of aryl methyl sites for hydroxylation is 1. The lowest BCUT2D eigenvalue weighted by molar-refractivity contribution is -0.140. The second-order valence-electron chi connectivity index (χ2n) is 4.72. The van der Waals surface area contributed by atoms with Gasteiger partial charge >= 0.3 is 11.9 Å². The summed E-state index contributed by atoms with van der Waals surface area (Å²) in [6.07, 6.45) is 1.34. The van der Waals surface area contributed by atoms with Crippen LogP contribution in [0.4, 0.5) is 5.00 Å². The van der Waals surface area contributed by atoms with Gasteiger partial charge in [0.1, 0.15) is 16.7 Å². The quantitative estimate of drug-likeness (QED) is 0.807. The minimum Gasteiger partial charge on any atom is -0.480 e. The Bertz CT molecular complexity index is 764. The van der Waals surface area contributed by atoms with Crippen molar-refractivity contribution in [2.75, 3.05) is 12.4 Å². The third kappa shape index (κ3) is 3.39. The molecule has 8 nitrogen and oxygen atoms in total. The number of hydrogen-bond donors (Lipinski definition) is 2. The summed E-state index contributed by atoms with van der Waals surface area (Å²) in [6.45, 7) is 3.21. The first-order valence-electron chi connectivity index (χ1n) is 6.61.